The molecule has 2 rings (SSSR count). The molecule has 0 fully saturated rings. The molecule has 0 aliphatic rings. The predicted octanol–water partition coefficient (Wildman–Crippen LogP) is 5.85. The number of hydrogen-bond donors (Lipinski definition) is 1. The van der Waals surface area contributed by atoms with Crippen molar-refractivity contribution in [1.82, 2.24) is 0 Å². The summed E-state index contributed by atoms with van der Waals surface area (Å²) in [5, 5.41) is 9.34. The zero-order valence-corrected chi connectivity index (χ0v) is 14.1. The molecular weight excluding hydrogens is 284 g/mol. The number of Topliss-reactive ketones (excluding diaryl/α,β-unsaturated/α-hetero) is 1. The van der Waals surface area contributed by atoms with Gasteiger partial charge in [0, 0.05) is 11.5 Å². The van der Waals surface area contributed by atoms with Crippen LogP contribution in [0.5, 0.6) is 5.75 Å². The van der Waals surface area contributed by atoms with E-state index >= 15 is 0 Å². The zero-order valence-electron chi connectivity index (χ0n) is 14.1. The zero-order chi connectivity index (χ0) is 16.7. The van der Waals surface area contributed by atoms with Crippen molar-refractivity contribution in [3.05, 3.63) is 54.1 Å². The lowest BCUT2D eigenvalue weighted by atomic mass is 9.93. The minimum atomic E-state index is 0.0892. The number of phenols is 1. The Balaban J connectivity index is 1.98. The number of carbonyl (C=O) groups excluding carboxylic acids is 1. The first-order chi connectivity index (χ1) is 11.1. The minimum Gasteiger partial charge on any atom is -0.508 e. The van der Waals surface area contributed by atoms with Crippen LogP contribution in [0.25, 0.3) is 11.1 Å². The van der Waals surface area contributed by atoms with Crippen molar-refractivity contribution >= 4 is 5.78 Å². The topological polar surface area (TPSA) is 37.3 Å². The third-order valence-electron chi connectivity index (χ3n) is 4.31. The number of hydrogen-bond acceptors (Lipinski definition) is 2. The minimum absolute atomic E-state index is 0.0892. The van der Waals surface area contributed by atoms with Crippen LogP contribution in [-0.2, 0) is 0 Å². The van der Waals surface area contributed by atoms with Crippen LogP contribution in [0.4, 0.5) is 0 Å². The maximum atomic E-state index is 12.5. The number of rotatable bonds is 8. The molecule has 0 aliphatic heterocycles. The van der Waals surface area contributed by atoms with Gasteiger partial charge in [0.25, 0.3) is 0 Å². The number of unbranched alkanes of at least 4 members (excludes halogenated alkanes) is 3. The number of ketones is 1. The van der Waals surface area contributed by atoms with E-state index in [0.717, 1.165) is 29.5 Å². The fourth-order valence-electron chi connectivity index (χ4n) is 2.77. The van der Waals surface area contributed by atoms with Gasteiger partial charge in [-0.3, -0.25) is 4.79 Å². The highest BCUT2D eigenvalue weighted by molar-refractivity contribution is 5.98. The van der Waals surface area contributed by atoms with Gasteiger partial charge >= 0.3 is 0 Å². The van der Waals surface area contributed by atoms with Crippen molar-refractivity contribution in [3.8, 4) is 16.9 Å². The lowest BCUT2D eigenvalue weighted by Crippen LogP contribution is -2.11. The van der Waals surface area contributed by atoms with E-state index in [0.29, 0.717) is 0 Å². The van der Waals surface area contributed by atoms with E-state index in [2.05, 4.69) is 6.92 Å². The van der Waals surface area contributed by atoms with Crippen LogP contribution in [0.3, 0.4) is 0 Å². The summed E-state index contributed by atoms with van der Waals surface area (Å²) in [5.74, 6) is 0.586. The van der Waals surface area contributed by atoms with Gasteiger partial charge in [0.2, 0.25) is 0 Å². The van der Waals surface area contributed by atoms with Crippen molar-refractivity contribution in [3.63, 3.8) is 0 Å². The Hall–Kier alpha value is -2.09. The van der Waals surface area contributed by atoms with Gasteiger partial charge < -0.3 is 5.11 Å². The molecule has 0 saturated carbocycles. The largest absolute Gasteiger partial charge is 0.508 e. The van der Waals surface area contributed by atoms with Crippen molar-refractivity contribution < 1.29 is 9.90 Å². The Labute approximate surface area is 139 Å². The van der Waals surface area contributed by atoms with Gasteiger partial charge in [0.1, 0.15) is 5.75 Å². The fourth-order valence-corrected chi connectivity index (χ4v) is 2.77. The molecule has 2 heteroatoms. The van der Waals surface area contributed by atoms with Crippen molar-refractivity contribution in [1.29, 1.82) is 0 Å². The third kappa shape index (κ3) is 4.95. The molecule has 2 aromatic rings. The number of benzene rings is 2. The van der Waals surface area contributed by atoms with Gasteiger partial charge in [0.05, 0.1) is 0 Å². The van der Waals surface area contributed by atoms with Gasteiger partial charge in [-0.25, -0.2) is 0 Å². The Kier molecular flexibility index (Phi) is 6.40. The quantitative estimate of drug-likeness (QED) is 0.490. The van der Waals surface area contributed by atoms with E-state index in [1.807, 2.05) is 43.3 Å². The molecule has 0 aliphatic carbocycles. The summed E-state index contributed by atoms with van der Waals surface area (Å²) in [4.78, 5) is 12.5. The highest BCUT2D eigenvalue weighted by atomic mass is 16.3. The highest BCUT2D eigenvalue weighted by Crippen LogP contribution is 2.23. The average Bonchev–Trinajstić information content (AvgIpc) is 2.59. The standard InChI is InChI=1S/C21H26O2/c1-3-4-5-6-7-16(2)21(23)19-10-8-17(9-11-19)18-12-14-20(22)15-13-18/h8-16,22H,3-7H2,1-2H3/t16-/m0/s1. The van der Waals surface area contributed by atoms with Gasteiger partial charge in [-0.15, -0.1) is 0 Å². The summed E-state index contributed by atoms with van der Waals surface area (Å²) in [5.41, 5.74) is 2.88. The smallest absolute Gasteiger partial charge is 0.165 e. The second kappa shape index (κ2) is 8.52. The summed E-state index contributed by atoms with van der Waals surface area (Å²) in [6.45, 7) is 4.23. The number of carbonyl (C=O) groups is 1. The lowest BCUT2D eigenvalue weighted by molar-refractivity contribution is 0.0922. The fraction of sp³-hybridized carbons (Fsp3) is 0.381. The second-order valence-electron chi connectivity index (χ2n) is 6.24. The Morgan fingerprint density at radius 3 is 2.04 bits per heavy atom. The van der Waals surface area contributed by atoms with Crippen LogP contribution < -0.4 is 0 Å². The van der Waals surface area contributed by atoms with Crippen molar-refractivity contribution in [2.45, 2.75) is 46.0 Å². The lowest BCUT2D eigenvalue weighted by Gasteiger charge is -2.11. The molecule has 0 aromatic heterocycles. The Morgan fingerprint density at radius 1 is 0.913 bits per heavy atom. The average molecular weight is 310 g/mol. The number of phenolic OH excluding ortho intramolecular Hbond substituents is 1. The van der Waals surface area contributed by atoms with E-state index in [1.54, 1.807) is 12.1 Å². The normalized spacial score (nSPS) is 12.1. The van der Waals surface area contributed by atoms with E-state index in [1.165, 1.54) is 19.3 Å². The van der Waals surface area contributed by atoms with Crippen LogP contribution in [0.1, 0.15) is 56.3 Å². The summed E-state index contributed by atoms with van der Waals surface area (Å²) in [7, 11) is 0. The van der Waals surface area contributed by atoms with Gasteiger partial charge in [-0.2, -0.15) is 0 Å². The van der Waals surface area contributed by atoms with E-state index in [4.69, 9.17) is 0 Å². The Morgan fingerprint density at radius 2 is 1.48 bits per heavy atom. The van der Waals surface area contributed by atoms with Crippen molar-refractivity contribution in [2.75, 3.05) is 0 Å². The maximum absolute atomic E-state index is 12.5. The molecule has 0 saturated heterocycles. The van der Waals surface area contributed by atoms with Crippen molar-refractivity contribution in [2.24, 2.45) is 5.92 Å². The highest BCUT2D eigenvalue weighted by Gasteiger charge is 2.14. The predicted molar refractivity (Wildman–Crippen MR) is 95.8 cm³/mol. The first-order valence-electron chi connectivity index (χ1n) is 8.55. The second-order valence-corrected chi connectivity index (χ2v) is 6.24. The molecule has 23 heavy (non-hydrogen) atoms. The molecule has 0 amide bonds. The molecule has 122 valence electrons. The SMILES string of the molecule is CCCCCC[C@H](C)C(=O)c1ccc(-c2ccc(O)cc2)cc1. The first kappa shape index (κ1) is 17.3. The molecule has 2 nitrogen and oxygen atoms in total. The molecule has 0 unspecified atom stereocenters. The van der Waals surface area contributed by atoms with Crippen LogP contribution in [-0.4, -0.2) is 10.9 Å². The third-order valence-corrected chi connectivity index (χ3v) is 4.31. The van der Waals surface area contributed by atoms with E-state index in [-0.39, 0.29) is 17.5 Å². The monoisotopic (exact) mass is 310 g/mol. The molecule has 1 atom stereocenters. The Bertz CT molecular complexity index is 611. The summed E-state index contributed by atoms with van der Waals surface area (Å²) in [6, 6.07) is 14.9. The molecule has 0 radical (unpaired) electrons. The summed E-state index contributed by atoms with van der Waals surface area (Å²) >= 11 is 0. The molecule has 2 aromatic carbocycles. The van der Waals surface area contributed by atoms with Crippen LogP contribution >= 0.6 is 0 Å². The van der Waals surface area contributed by atoms with E-state index < -0.39 is 0 Å². The van der Waals surface area contributed by atoms with E-state index in [9.17, 15) is 9.90 Å². The van der Waals surface area contributed by atoms with Gasteiger partial charge in [0.15, 0.2) is 5.78 Å². The molecule has 0 bridgehead atoms. The van der Waals surface area contributed by atoms with Crippen LogP contribution in [0.2, 0.25) is 0 Å². The summed E-state index contributed by atoms with van der Waals surface area (Å²) in [6.07, 6.45) is 5.79. The molecule has 0 heterocycles. The maximum Gasteiger partial charge on any atom is 0.165 e. The molecule has 1 N–H and O–H groups in total. The van der Waals surface area contributed by atoms with Gasteiger partial charge in [-0.05, 0) is 29.7 Å². The molecule has 0 spiro atoms. The molecular formula is C21H26O2. The van der Waals surface area contributed by atoms with Crippen LogP contribution in [0, 0.1) is 5.92 Å². The first-order valence-corrected chi connectivity index (χ1v) is 8.55. The summed E-state index contributed by atoms with van der Waals surface area (Å²) < 4.78 is 0. The van der Waals surface area contributed by atoms with Crippen LogP contribution in [0.15, 0.2) is 48.5 Å². The van der Waals surface area contributed by atoms with Gasteiger partial charge in [-0.1, -0.05) is 75.9 Å². The number of aromatic hydroxyl groups is 1.